The Bertz CT molecular complexity index is 602. The van der Waals surface area contributed by atoms with Crippen molar-refractivity contribution < 1.29 is 14.3 Å². The van der Waals surface area contributed by atoms with Gasteiger partial charge in [0.15, 0.2) is 0 Å². The van der Waals surface area contributed by atoms with Crippen molar-refractivity contribution in [3.05, 3.63) is 54.1 Å². The van der Waals surface area contributed by atoms with E-state index in [2.05, 4.69) is 0 Å². The number of esters is 1. The SMILES string of the molecule is COc1ccc(N)cc1C(=O)OCCSc1ccccc1. The summed E-state index contributed by atoms with van der Waals surface area (Å²) in [5.41, 5.74) is 6.53. The number of nitrogen functional groups attached to an aromatic ring is 1. The Morgan fingerprint density at radius 1 is 1.19 bits per heavy atom. The van der Waals surface area contributed by atoms with E-state index < -0.39 is 5.97 Å². The van der Waals surface area contributed by atoms with E-state index in [1.54, 1.807) is 30.0 Å². The molecule has 5 heteroatoms. The van der Waals surface area contributed by atoms with Crippen LogP contribution in [0.4, 0.5) is 5.69 Å². The third kappa shape index (κ3) is 4.43. The van der Waals surface area contributed by atoms with Crippen LogP contribution in [0, 0.1) is 0 Å². The van der Waals surface area contributed by atoms with E-state index in [1.165, 1.54) is 7.11 Å². The number of hydrogen-bond acceptors (Lipinski definition) is 5. The van der Waals surface area contributed by atoms with Gasteiger partial charge in [-0.2, -0.15) is 0 Å². The minimum Gasteiger partial charge on any atom is -0.496 e. The van der Waals surface area contributed by atoms with Crippen molar-refractivity contribution in [3.8, 4) is 5.75 Å². The Morgan fingerprint density at radius 3 is 2.67 bits per heavy atom. The zero-order valence-corrected chi connectivity index (χ0v) is 12.6. The highest BCUT2D eigenvalue weighted by Gasteiger charge is 2.14. The third-order valence-electron chi connectivity index (χ3n) is 2.77. The third-order valence-corrected chi connectivity index (χ3v) is 3.75. The van der Waals surface area contributed by atoms with E-state index in [1.807, 2.05) is 30.3 Å². The van der Waals surface area contributed by atoms with Crippen LogP contribution in [0.2, 0.25) is 0 Å². The molecule has 0 spiro atoms. The summed E-state index contributed by atoms with van der Waals surface area (Å²) in [7, 11) is 1.51. The number of thioether (sulfide) groups is 1. The van der Waals surface area contributed by atoms with Crippen molar-refractivity contribution in [2.75, 3.05) is 25.2 Å². The van der Waals surface area contributed by atoms with Gasteiger partial charge in [0.2, 0.25) is 0 Å². The number of benzene rings is 2. The molecule has 2 rings (SSSR count). The molecule has 0 aliphatic rings. The molecule has 110 valence electrons. The fourth-order valence-electron chi connectivity index (χ4n) is 1.77. The Labute approximate surface area is 128 Å². The van der Waals surface area contributed by atoms with Crippen LogP contribution < -0.4 is 10.5 Å². The number of ether oxygens (including phenoxy) is 2. The molecule has 0 saturated heterocycles. The largest absolute Gasteiger partial charge is 0.496 e. The molecule has 2 aromatic rings. The molecule has 0 aliphatic heterocycles. The fraction of sp³-hybridized carbons (Fsp3) is 0.188. The number of nitrogens with two attached hydrogens (primary N) is 1. The summed E-state index contributed by atoms with van der Waals surface area (Å²) in [5, 5.41) is 0. The van der Waals surface area contributed by atoms with Crippen LogP contribution in [0.1, 0.15) is 10.4 Å². The summed E-state index contributed by atoms with van der Waals surface area (Å²) >= 11 is 1.64. The molecular formula is C16H17NO3S. The molecule has 0 radical (unpaired) electrons. The predicted octanol–water partition coefficient (Wildman–Crippen LogP) is 3.23. The molecular weight excluding hydrogens is 286 g/mol. The molecule has 21 heavy (non-hydrogen) atoms. The van der Waals surface area contributed by atoms with Gasteiger partial charge >= 0.3 is 5.97 Å². The van der Waals surface area contributed by atoms with Crippen molar-refractivity contribution in [1.82, 2.24) is 0 Å². The monoisotopic (exact) mass is 303 g/mol. The van der Waals surface area contributed by atoms with Gasteiger partial charge in [-0.25, -0.2) is 4.79 Å². The summed E-state index contributed by atoms with van der Waals surface area (Å²) in [5.74, 6) is 0.734. The van der Waals surface area contributed by atoms with Gasteiger partial charge < -0.3 is 15.2 Å². The number of carbonyl (C=O) groups is 1. The highest BCUT2D eigenvalue weighted by atomic mass is 32.2. The lowest BCUT2D eigenvalue weighted by molar-refractivity contribution is 0.0527. The quantitative estimate of drug-likeness (QED) is 0.384. The van der Waals surface area contributed by atoms with E-state index in [4.69, 9.17) is 15.2 Å². The number of methoxy groups -OCH3 is 1. The maximum Gasteiger partial charge on any atom is 0.342 e. The highest BCUT2D eigenvalue weighted by molar-refractivity contribution is 7.99. The normalized spacial score (nSPS) is 10.1. The second kappa shape index (κ2) is 7.59. The van der Waals surface area contributed by atoms with E-state index in [0.717, 1.165) is 4.90 Å². The minimum absolute atomic E-state index is 0.330. The summed E-state index contributed by atoms with van der Waals surface area (Å²) in [6.45, 7) is 0.330. The van der Waals surface area contributed by atoms with Crippen LogP contribution in [-0.4, -0.2) is 25.4 Å². The summed E-state index contributed by atoms with van der Waals surface area (Å²) in [6.07, 6.45) is 0. The lowest BCUT2D eigenvalue weighted by atomic mass is 10.2. The van der Waals surface area contributed by atoms with E-state index in [9.17, 15) is 4.79 Å². The van der Waals surface area contributed by atoms with Gasteiger partial charge in [0.25, 0.3) is 0 Å². The molecule has 2 aromatic carbocycles. The van der Waals surface area contributed by atoms with Gasteiger partial charge in [0.1, 0.15) is 17.9 Å². The van der Waals surface area contributed by atoms with Crippen molar-refractivity contribution in [3.63, 3.8) is 0 Å². The van der Waals surface area contributed by atoms with Gasteiger partial charge in [0.05, 0.1) is 7.11 Å². The molecule has 0 fully saturated rings. The highest BCUT2D eigenvalue weighted by Crippen LogP contribution is 2.22. The smallest absolute Gasteiger partial charge is 0.342 e. The molecule has 0 aromatic heterocycles. The van der Waals surface area contributed by atoms with Crippen molar-refractivity contribution in [2.24, 2.45) is 0 Å². The van der Waals surface area contributed by atoms with E-state index in [-0.39, 0.29) is 0 Å². The summed E-state index contributed by atoms with van der Waals surface area (Å²) in [6, 6.07) is 14.9. The zero-order valence-electron chi connectivity index (χ0n) is 11.7. The molecule has 0 unspecified atom stereocenters. The first-order valence-electron chi connectivity index (χ1n) is 6.49. The van der Waals surface area contributed by atoms with Gasteiger partial charge in [-0.05, 0) is 30.3 Å². The first kappa shape index (κ1) is 15.3. The lowest BCUT2D eigenvalue weighted by Gasteiger charge is -2.09. The Balaban J connectivity index is 1.86. The topological polar surface area (TPSA) is 61.5 Å². The average Bonchev–Trinajstić information content (AvgIpc) is 2.52. The lowest BCUT2D eigenvalue weighted by Crippen LogP contribution is -2.10. The van der Waals surface area contributed by atoms with Crippen LogP contribution in [0.3, 0.4) is 0 Å². The Kier molecular flexibility index (Phi) is 5.51. The van der Waals surface area contributed by atoms with Crippen molar-refractivity contribution in [2.45, 2.75) is 4.90 Å². The van der Waals surface area contributed by atoms with Crippen LogP contribution in [0.5, 0.6) is 5.75 Å². The summed E-state index contributed by atoms with van der Waals surface area (Å²) < 4.78 is 10.4. The van der Waals surface area contributed by atoms with E-state index in [0.29, 0.717) is 29.4 Å². The van der Waals surface area contributed by atoms with Gasteiger partial charge in [-0.1, -0.05) is 18.2 Å². The standard InChI is InChI=1S/C16H17NO3S/c1-19-15-8-7-12(17)11-14(15)16(18)20-9-10-21-13-5-3-2-4-6-13/h2-8,11H,9-10,17H2,1H3. The molecule has 0 atom stereocenters. The molecule has 0 heterocycles. The number of rotatable bonds is 6. The van der Waals surface area contributed by atoms with Crippen LogP contribution in [0.25, 0.3) is 0 Å². The first-order valence-corrected chi connectivity index (χ1v) is 7.48. The van der Waals surface area contributed by atoms with Crippen LogP contribution in [0.15, 0.2) is 53.4 Å². The summed E-state index contributed by atoms with van der Waals surface area (Å²) in [4.78, 5) is 13.2. The molecule has 0 saturated carbocycles. The van der Waals surface area contributed by atoms with Crippen LogP contribution in [-0.2, 0) is 4.74 Å². The Morgan fingerprint density at radius 2 is 1.95 bits per heavy atom. The Hall–Kier alpha value is -2.14. The zero-order chi connectivity index (χ0) is 15.1. The van der Waals surface area contributed by atoms with Gasteiger partial charge in [-0.3, -0.25) is 0 Å². The number of carbonyl (C=O) groups excluding carboxylic acids is 1. The minimum atomic E-state index is -0.423. The van der Waals surface area contributed by atoms with Gasteiger partial charge in [0, 0.05) is 16.3 Å². The fourth-order valence-corrected chi connectivity index (χ4v) is 2.53. The molecule has 2 N–H and O–H groups in total. The second-order valence-corrected chi connectivity index (χ2v) is 5.43. The van der Waals surface area contributed by atoms with Gasteiger partial charge in [-0.15, -0.1) is 11.8 Å². The molecule has 0 aliphatic carbocycles. The molecule has 0 bridgehead atoms. The maximum absolute atomic E-state index is 12.0. The molecule has 4 nitrogen and oxygen atoms in total. The average molecular weight is 303 g/mol. The predicted molar refractivity (Wildman–Crippen MR) is 84.9 cm³/mol. The first-order chi connectivity index (χ1) is 10.2. The molecule has 0 amide bonds. The van der Waals surface area contributed by atoms with E-state index >= 15 is 0 Å². The maximum atomic E-state index is 12.0. The second-order valence-electron chi connectivity index (χ2n) is 4.26. The van der Waals surface area contributed by atoms with Crippen LogP contribution >= 0.6 is 11.8 Å². The van der Waals surface area contributed by atoms with Crippen molar-refractivity contribution in [1.29, 1.82) is 0 Å². The van der Waals surface area contributed by atoms with Crippen molar-refractivity contribution >= 4 is 23.4 Å². The number of anilines is 1. The number of hydrogen-bond donors (Lipinski definition) is 1.